The van der Waals surface area contributed by atoms with E-state index in [4.69, 9.17) is 0 Å². The van der Waals surface area contributed by atoms with Crippen LogP contribution in [0.3, 0.4) is 0 Å². The number of rotatable bonds is 4. The van der Waals surface area contributed by atoms with E-state index in [1.54, 1.807) is 18.2 Å². The summed E-state index contributed by atoms with van der Waals surface area (Å²) in [5, 5.41) is 0. The van der Waals surface area contributed by atoms with E-state index in [1.165, 1.54) is 18.4 Å². The van der Waals surface area contributed by atoms with E-state index in [2.05, 4.69) is 26.8 Å². The molecule has 17 heavy (non-hydrogen) atoms. The normalized spacial score (nSPS) is 24.2. The van der Waals surface area contributed by atoms with Crippen molar-refractivity contribution in [2.24, 2.45) is 11.3 Å². The van der Waals surface area contributed by atoms with Crippen molar-refractivity contribution in [3.63, 3.8) is 0 Å². The second-order valence-electron chi connectivity index (χ2n) is 5.57. The van der Waals surface area contributed by atoms with Crippen LogP contribution in [0.1, 0.15) is 47.0 Å². The Balaban J connectivity index is 2.64. The largest absolute Gasteiger partial charge is 0.290 e. The number of hydrogen-bond donors (Lipinski definition) is 0. The van der Waals surface area contributed by atoms with Crippen LogP contribution in [0.5, 0.6) is 0 Å². The number of allylic oxidation sites excluding steroid dienone is 6. The summed E-state index contributed by atoms with van der Waals surface area (Å²) >= 11 is 0. The predicted molar refractivity (Wildman–Crippen MR) is 73.8 cm³/mol. The van der Waals surface area contributed by atoms with Crippen molar-refractivity contribution < 1.29 is 4.79 Å². The zero-order valence-electron chi connectivity index (χ0n) is 11.5. The highest BCUT2D eigenvalue weighted by Gasteiger charge is 2.31. The minimum atomic E-state index is 0.0859. The summed E-state index contributed by atoms with van der Waals surface area (Å²) in [4.78, 5) is 11.3. The van der Waals surface area contributed by atoms with E-state index in [0.717, 1.165) is 6.42 Å². The molecular weight excluding hydrogens is 208 g/mol. The number of carbonyl (C=O) groups is 1. The third-order valence-electron chi connectivity index (χ3n) is 3.73. The molecule has 1 nitrogen and oxygen atoms in total. The average molecular weight is 232 g/mol. The Kier molecular flexibility index (Phi) is 4.92. The van der Waals surface area contributed by atoms with E-state index < -0.39 is 0 Å². The van der Waals surface area contributed by atoms with Crippen LogP contribution in [-0.4, -0.2) is 5.78 Å². The average Bonchev–Trinajstić information content (AvgIpc) is 2.22. The maximum absolute atomic E-state index is 11.3. The summed E-state index contributed by atoms with van der Waals surface area (Å²) in [6, 6.07) is 0. The van der Waals surface area contributed by atoms with Crippen LogP contribution in [-0.2, 0) is 4.79 Å². The van der Waals surface area contributed by atoms with Crippen molar-refractivity contribution in [3.05, 3.63) is 36.0 Å². The van der Waals surface area contributed by atoms with Gasteiger partial charge < -0.3 is 0 Å². The topological polar surface area (TPSA) is 17.1 Å². The summed E-state index contributed by atoms with van der Waals surface area (Å²) in [6.07, 6.45) is 12.8. The Labute approximate surface area is 105 Å². The van der Waals surface area contributed by atoms with Gasteiger partial charge in [0.1, 0.15) is 0 Å². The van der Waals surface area contributed by atoms with Crippen LogP contribution < -0.4 is 0 Å². The van der Waals surface area contributed by atoms with Gasteiger partial charge in [-0.05, 0) is 56.6 Å². The summed E-state index contributed by atoms with van der Waals surface area (Å²) in [7, 11) is 0. The molecule has 0 radical (unpaired) electrons. The van der Waals surface area contributed by atoms with Crippen molar-refractivity contribution >= 4 is 5.78 Å². The zero-order valence-corrected chi connectivity index (χ0v) is 11.5. The smallest absolute Gasteiger partial charge is 0.177 e. The van der Waals surface area contributed by atoms with Crippen LogP contribution in [0, 0.1) is 11.3 Å². The van der Waals surface area contributed by atoms with Gasteiger partial charge >= 0.3 is 0 Å². The zero-order chi connectivity index (χ0) is 12.9. The quantitative estimate of drug-likeness (QED) is 0.516. The van der Waals surface area contributed by atoms with Gasteiger partial charge in [-0.15, -0.1) is 0 Å². The lowest BCUT2D eigenvalue weighted by Crippen LogP contribution is -2.27. The van der Waals surface area contributed by atoms with Crippen molar-refractivity contribution in [2.75, 3.05) is 0 Å². The van der Waals surface area contributed by atoms with E-state index in [9.17, 15) is 4.79 Å². The molecule has 0 aromatic carbocycles. The molecule has 0 heterocycles. The van der Waals surface area contributed by atoms with Gasteiger partial charge in [-0.1, -0.05) is 37.6 Å². The Morgan fingerprint density at radius 3 is 2.76 bits per heavy atom. The SMILES string of the molecule is CC=CC(=O)C=CCC1C(C)=CCCC1(C)C. The second kappa shape index (κ2) is 6.00. The third-order valence-corrected chi connectivity index (χ3v) is 3.73. The summed E-state index contributed by atoms with van der Waals surface area (Å²) < 4.78 is 0. The predicted octanol–water partition coefficient (Wildman–Crippen LogP) is 4.46. The van der Waals surface area contributed by atoms with Gasteiger partial charge in [0.15, 0.2) is 5.78 Å². The maximum atomic E-state index is 11.3. The third kappa shape index (κ3) is 3.99. The molecule has 0 saturated heterocycles. The molecule has 0 N–H and O–H groups in total. The van der Waals surface area contributed by atoms with Gasteiger partial charge in [0.2, 0.25) is 0 Å². The highest BCUT2D eigenvalue weighted by Crippen LogP contribution is 2.42. The van der Waals surface area contributed by atoms with Crippen molar-refractivity contribution in [1.29, 1.82) is 0 Å². The highest BCUT2D eigenvalue weighted by atomic mass is 16.1. The second-order valence-corrected chi connectivity index (χ2v) is 5.57. The molecular formula is C16H24O. The standard InChI is InChI=1S/C16H24O/c1-5-8-14(17)10-6-11-15-13(2)9-7-12-16(15,3)4/h5-6,8-10,15H,7,11-12H2,1-4H3. The minimum absolute atomic E-state index is 0.0859. The molecule has 94 valence electrons. The van der Waals surface area contributed by atoms with Crippen molar-refractivity contribution in [3.8, 4) is 0 Å². The van der Waals surface area contributed by atoms with Crippen molar-refractivity contribution in [1.82, 2.24) is 0 Å². The van der Waals surface area contributed by atoms with Gasteiger partial charge in [0, 0.05) is 0 Å². The van der Waals surface area contributed by atoms with Gasteiger partial charge in [-0.25, -0.2) is 0 Å². The Morgan fingerprint density at radius 2 is 2.18 bits per heavy atom. The van der Waals surface area contributed by atoms with Crippen LogP contribution >= 0.6 is 0 Å². The maximum Gasteiger partial charge on any atom is 0.177 e. The Hall–Kier alpha value is -1.11. The molecule has 0 saturated carbocycles. The molecule has 0 fully saturated rings. The van der Waals surface area contributed by atoms with Gasteiger partial charge in [-0.2, -0.15) is 0 Å². The lowest BCUT2D eigenvalue weighted by Gasteiger charge is -2.38. The van der Waals surface area contributed by atoms with E-state index in [0.29, 0.717) is 11.3 Å². The Bertz CT molecular complexity index is 356. The summed E-state index contributed by atoms with van der Waals surface area (Å²) in [5.74, 6) is 0.661. The number of carbonyl (C=O) groups excluding carboxylic acids is 1. The van der Waals surface area contributed by atoms with E-state index in [-0.39, 0.29) is 5.78 Å². The highest BCUT2D eigenvalue weighted by molar-refractivity contribution is 5.99. The Morgan fingerprint density at radius 1 is 1.47 bits per heavy atom. The first-order chi connectivity index (χ1) is 7.97. The fraction of sp³-hybridized carbons (Fsp3) is 0.562. The number of hydrogen-bond acceptors (Lipinski definition) is 1. The lowest BCUT2D eigenvalue weighted by molar-refractivity contribution is -0.110. The summed E-state index contributed by atoms with van der Waals surface area (Å²) in [6.45, 7) is 8.74. The van der Waals surface area contributed by atoms with E-state index >= 15 is 0 Å². The molecule has 0 bridgehead atoms. The minimum Gasteiger partial charge on any atom is -0.290 e. The van der Waals surface area contributed by atoms with Gasteiger partial charge in [0.05, 0.1) is 0 Å². The molecule has 1 unspecified atom stereocenters. The van der Waals surface area contributed by atoms with Crippen LogP contribution in [0.25, 0.3) is 0 Å². The first-order valence-electron chi connectivity index (χ1n) is 6.47. The fourth-order valence-corrected chi connectivity index (χ4v) is 2.65. The molecule has 0 aromatic heterocycles. The van der Waals surface area contributed by atoms with Gasteiger partial charge in [-0.3, -0.25) is 4.79 Å². The lowest BCUT2D eigenvalue weighted by atomic mass is 9.67. The molecule has 0 spiro atoms. The molecule has 1 heteroatoms. The molecule has 1 aliphatic carbocycles. The van der Waals surface area contributed by atoms with Crippen LogP contribution in [0.15, 0.2) is 36.0 Å². The molecule has 0 aliphatic heterocycles. The molecule has 1 atom stereocenters. The fourth-order valence-electron chi connectivity index (χ4n) is 2.65. The van der Waals surface area contributed by atoms with Crippen molar-refractivity contribution in [2.45, 2.75) is 47.0 Å². The molecule has 1 aliphatic rings. The molecule has 1 rings (SSSR count). The summed E-state index contributed by atoms with van der Waals surface area (Å²) in [5.41, 5.74) is 1.83. The molecule has 0 amide bonds. The van der Waals surface area contributed by atoms with E-state index in [1.807, 2.05) is 13.0 Å². The van der Waals surface area contributed by atoms with Crippen LogP contribution in [0.4, 0.5) is 0 Å². The monoisotopic (exact) mass is 232 g/mol. The van der Waals surface area contributed by atoms with Gasteiger partial charge in [0.25, 0.3) is 0 Å². The number of ketones is 1. The first-order valence-corrected chi connectivity index (χ1v) is 6.47. The van der Waals surface area contributed by atoms with Crippen LogP contribution in [0.2, 0.25) is 0 Å². The first kappa shape index (κ1) is 14.0. The molecule has 0 aromatic rings.